The molecule has 2 rings (SSSR count). The van der Waals surface area contributed by atoms with Gasteiger partial charge in [0.25, 0.3) is 0 Å². The van der Waals surface area contributed by atoms with Gasteiger partial charge >= 0.3 is 6.18 Å². The minimum atomic E-state index is -4.27. The monoisotopic (exact) mass is 299 g/mol. The van der Waals surface area contributed by atoms with Crippen molar-refractivity contribution in [2.75, 3.05) is 20.1 Å². The molecule has 0 amide bonds. The van der Waals surface area contributed by atoms with Gasteiger partial charge in [0, 0.05) is 0 Å². The standard InChI is InChI=1S/C17H24F3N/c1-11(2)14-10-16(17(18,19)20)15(9-12(14)3)13-5-7-21(4)8-6-13/h9-11,13H,5-8H2,1-4H3. The van der Waals surface area contributed by atoms with Crippen molar-refractivity contribution >= 4 is 0 Å². The lowest BCUT2D eigenvalue weighted by Gasteiger charge is -2.31. The molecule has 1 aromatic carbocycles. The first kappa shape index (κ1) is 16.3. The van der Waals surface area contributed by atoms with Gasteiger partial charge in [0.15, 0.2) is 0 Å². The fourth-order valence-electron chi connectivity index (χ4n) is 3.27. The van der Waals surface area contributed by atoms with Gasteiger partial charge in [-0.25, -0.2) is 0 Å². The molecule has 4 heteroatoms. The van der Waals surface area contributed by atoms with Crippen LogP contribution in [-0.4, -0.2) is 25.0 Å². The van der Waals surface area contributed by atoms with Crippen LogP contribution in [0.3, 0.4) is 0 Å². The molecule has 1 saturated heterocycles. The molecule has 1 aliphatic heterocycles. The molecule has 1 heterocycles. The Labute approximate surface area is 125 Å². The summed E-state index contributed by atoms with van der Waals surface area (Å²) < 4.78 is 40.3. The zero-order valence-electron chi connectivity index (χ0n) is 13.2. The summed E-state index contributed by atoms with van der Waals surface area (Å²) in [5.74, 6) is 0.135. The van der Waals surface area contributed by atoms with Crippen LogP contribution in [-0.2, 0) is 6.18 Å². The predicted octanol–water partition coefficient (Wildman–Crippen LogP) is 4.95. The molecule has 21 heavy (non-hydrogen) atoms. The Morgan fingerprint density at radius 3 is 2.19 bits per heavy atom. The first-order valence-electron chi connectivity index (χ1n) is 7.60. The van der Waals surface area contributed by atoms with E-state index in [0.717, 1.165) is 37.1 Å². The Kier molecular flexibility index (Phi) is 4.66. The maximum absolute atomic E-state index is 13.4. The molecular formula is C17H24F3N. The van der Waals surface area contributed by atoms with E-state index in [1.165, 1.54) is 6.07 Å². The average molecular weight is 299 g/mol. The Balaban J connectivity index is 2.46. The number of halogens is 3. The van der Waals surface area contributed by atoms with Crippen LogP contribution in [0.1, 0.15) is 60.8 Å². The zero-order chi connectivity index (χ0) is 15.8. The van der Waals surface area contributed by atoms with Crippen molar-refractivity contribution in [3.05, 3.63) is 34.4 Å². The number of alkyl halides is 3. The molecule has 0 unspecified atom stereocenters. The highest BCUT2D eigenvalue weighted by Crippen LogP contribution is 2.41. The van der Waals surface area contributed by atoms with Crippen molar-refractivity contribution in [2.45, 2.75) is 51.6 Å². The van der Waals surface area contributed by atoms with Crippen LogP contribution < -0.4 is 0 Å². The third-order valence-corrected chi connectivity index (χ3v) is 4.52. The Hall–Kier alpha value is -1.03. The van der Waals surface area contributed by atoms with Crippen LogP contribution in [0.25, 0.3) is 0 Å². The molecule has 0 N–H and O–H groups in total. The van der Waals surface area contributed by atoms with Crippen molar-refractivity contribution in [3.63, 3.8) is 0 Å². The van der Waals surface area contributed by atoms with E-state index < -0.39 is 11.7 Å². The predicted molar refractivity (Wildman–Crippen MR) is 79.7 cm³/mol. The van der Waals surface area contributed by atoms with Crippen LogP contribution in [0.4, 0.5) is 13.2 Å². The van der Waals surface area contributed by atoms with Crippen molar-refractivity contribution in [1.29, 1.82) is 0 Å². The number of piperidine rings is 1. The van der Waals surface area contributed by atoms with Crippen molar-refractivity contribution in [1.82, 2.24) is 4.90 Å². The highest BCUT2D eigenvalue weighted by atomic mass is 19.4. The van der Waals surface area contributed by atoms with E-state index in [2.05, 4.69) is 4.90 Å². The molecule has 0 aromatic heterocycles. The van der Waals surface area contributed by atoms with Crippen molar-refractivity contribution in [2.24, 2.45) is 0 Å². The molecule has 0 saturated carbocycles. The number of rotatable bonds is 2. The van der Waals surface area contributed by atoms with E-state index in [-0.39, 0.29) is 11.8 Å². The van der Waals surface area contributed by atoms with Gasteiger partial charge in [-0.3, -0.25) is 0 Å². The summed E-state index contributed by atoms with van der Waals surface area (Å²) in [6, 6.07) is 3.17. The molecule has 1 fully saturated rings. The first-order valence-corrected chi connectivity index (χ1v) is 7.60. The zero-order valence-corrected chi connectivity index (χ0v) is 13.2. The van der Waals surface area contributed by atoms with Gasteiger partial charge in [-0.15, -0.1) is 0 Å². The van der Waals surface area contributed by atoms with E-state index in [0.29, 0.717) is 5.56 Å². The maximum Gasteiger partial charge on any atom is 0.416 e. The normalized spacial score (nSPS) is 18.5. The van der Waals surface area contributed by atoms with Gasteiger partial charge in [-0.05, 0) is 74.5 Å². The number of aryl methyl sites for hydroxylation is 1. The van der Waals surface area contributed by atoms with Gasteiger partial charge < -0.3 is 4.90 Å². The van der Waals surface area contributed by atoms with Crippen LogP contribution in [0.15, 0.2) is 12.1 Å². The van der Waals surface area contributed by atoms with E-state index in [1.54, 1.807) is 6.07 Å². The van der Waals surface area contributed by atoms with Crippen LogP contribution in [0.5, 0.6) is 0 Å². The van der Waals surface area contributed by atoms with Gasteiger partial charge in [0.2, 0.25) is 0 Å². The third kappa shape index (κ3) is 3.60. The quantitative estimate of drug-likeness (QED) is 0.747. The second-order valence-corrected chi connectivity index (χ2v) is 6.53. The summed E-state index contributed by atoms with van der Waals surface area (Å²) in [4.78, 5) is 2.18. The molecule has 1 aromatic rings. The van der Waals surface area contributed by atoms with E-state index in [4.69, 9.17) is 0 Å². The van der Waals surface area contributed by atoms with E-state index in [1.807, 2.05) is 27.8 Å². The average Bonchev–Trinajstić information content (AvgIpc) is 2.37. The summed E-state index contributed by atoms with van der Waals surface area (Å²) in [6.07, 6.45) is -2.66. The minimum Gasteiger partial charge on any atom is -0.306 e. The minimum absolute atomic E-state index is 0.0257. The SMILES string of the molecule is Cc1cc(C2CCN(C)CC2)c(C(F)(F)F)cc1C(C)C. The molecule has 0 aliphatic carbocycles. The number of nitrogens with zero attached hydrogens (tertiary/aromatic N) is 1. The van der Waals surface area contributed by atoms with Crippen molar-refractivity contribution < 1.29 is 13.2 Å². The number of benzene rings is 1. The summed E-state index contributed by atoms with van der Waals surface area (Å²) in [7, 11) is 2.02. The molecule has 1 nitrogen and oxygen atoms in total. The second-order valence-electron chi connectivity index (χ2n) is 6.53. The topological polar surface area (TPSA) is 3.24 Å². The number of hydrogen-bond donors (Lipinski definition) is 0. The third-order valence-electron chi connectivity index (χ3n) is 4.52. The molecule has 0 bridgehead atoms. The lowest BCUT2D eigenvalue weighted by Crippen LogP contribution is -2.30. The molecule has 118 valence electrons. The van der Waals surface area contributed by atoms with Crippen molar-refractivity contribution in [3.8, 4) is 0 Å². The number of likely N-dealkylation sites (tertiary alicyclic amines) is 1. The molecule has 0 radical (unpaired) electrons. The summed E-state index contributed by atoms with van der Waals surface area (Å²) in [5, 5.41) is 0. The lowest BCUT2D eigenvalue weighted by molar-refractivity contribution is -0.138. The van der Waals surface area contributed by atoms with E-state index in [9.17, 15) is 13.2 Å². The van der Waals surface area contributed by atoms with Crippen LogP contribution in [0, 0.1) is 6.92 Å². The fraction of sp³-hybridized carbons (Fsp3) is 0.647. The maximum atomic E-state index is 13.4. The highest BCUT2D eigenvalue weighted by molar-refractivity contribution is 5.43. The lowest BCUT2D eigenvalue weighted by atomic mass is 9.83. The summed E-state index contributed by atoms with van der Waals surface area (Å²) >= 11 is 0. The van der Waals surface area contributed by atoms with Gasteiger partial charge in [0.1, 0.15) is 0 Å². The Bertz CT molecular complexity index is 497. The second kappa shape index (κ2) is 5.99. The molecule has 1 aliphatic rings. The van der Waals surface area contributed by atoms with E-state index >= 15 is 0 Å². The molecular weight excluding hydrogens is 275 g/mol. The number of hydrogen-bond acceptors (Lipinski definition) is 1. The highest BCUT2D eigenvalue weighted by Gasteiger charge is 2.36. The Morgan fingerprint density at radius 1 is 1.14 bits per heavy atom. The molecule has 0 atom stereocenters. The first-order chi connectivity index (χ1) is 9.70. The summed E-state index contributed by atoms with van der Waals surface area (Å²) in [5.41, 5.74) is 1.86. The van der Waals surface area contributed by atoms with Crippen LogP contribution >= 0.6 is 0 Å². The fourth-order valence-corrected chi connectivity index (χ4v) is 3.27. The molecule has 0 spiro atoms. The smallest absolute Gasteiger partial charge is 0.306 e. The van der Waals surface area contributed by atoms with Crippen LogP contribution in [0.2, 0.25) is 0 Å². The largest absolute Gasteiger partial charge is 0.416 e. The summed E-state index contributed by atoms with van der Waals surface area (Å²) in [6.45, 7) is 7.54. The Morgan fingerprint density at radius 2 is 1.71 bits per heavy atom. The van der Waals surface area contributed by atoms with Gasteiger partial charge in [-0.2, -0.15) is 13.2 Å². The van der Waals surface area contributed by atoms with Gasteiger partial charge in [-0.1, -0.05) is 19.9 Å². The van der Waals surface area contributed by atoms with Gasteiger partial charge in [0.05, 0.1) is 5.56 Å².